The van der Waals surface area contributed by atoms with Crippen molar-refractivity contribution in [3.63, 3.8) is 0 Å². The minimum absolute atomic E-state index is 0.135. The Kier molecular flexibility index (Phi) is 5.78. The second-order valence-corrected chi connectivity index (χ2v) is 8.37. The number of benzene rings is 3. The minimum atomic E-state index is -0.532. The van der Waals surface area contributed by atoms with Crippen molar-refractivity contribution in [2.45, 2.75) is 19.0 Å². The van der Waals surface area contributed by atoms with Crippen molar-refractivity contribution in [1.29, 1.82) is 0 Å². The van der Waals surface area contributed by atoms with Gasteiger partial charge in [0.05, 0.1) is 23.9 Å². The van der Waals surface area contributed by atoms with E-state index in [0.717, 1.165) is 5.56 Å². The number of carbonyl (C=O) groups is 4. The number of methoxy groups -OCH3 is 1. The standard InChI is InChI=1S/C27H23N3O5/c1-35-27(34)17-12-14-18(15-13-17)28-23(31)11-6-16-29-24-19-7-2-3-8-20(19)26(33)30(24)22-10-5-4-9-21(22)25(29)32/h2-5,7-10,12-15,24H,6,11,16H2,1H3,(H,28,31)/t24-/m1/s1. The number of hydrogen-bond donors (Lipinski definition) is 1. The molecule has 0 aromatic heterocycles. The van der Waals surface area contributed by atoms with Gasteiger partial charge in [0.25, 0.3) is 11.8 Å². The molecule has 35 heavy (non-hydrogen) atoms. The number of rotatable bonds is 6. The highest BCUT2D eigenvalue weighted by Crippen LogP contribution is 2.45. The molecule has 0 spiro atoms. The molecule has 8 heteroatoms. The van der Waals surface area contributed by atoms with Gasteiger partial charge >= 0.3 is 5.97 Å². The van der Waals surface area contributed by atoms with E-state index in [1.54, 1.807) is 58.3 Å². The van der Waals surface area contributed by atoms with Crippen LogP contribution in [0.5, 0.6) is 0 Å². The number of anilines is 2. The van der Waals surface area contributed by atoms with E-state index in [1.807, 2.05) is 24.3 Å². The van der Waals surface area contributed by atoms with Crippen molar-refractivity contribution >= 4 is 35.1 Å². The summed E-state index contributed by atoms with van der Waals surface area (Å²) in [6.07, 6.45) is 0.0720. The Labute approximate surface area is 202 Å². The summed E-state index contributed by atoms with van der Waals surface area (Å²) < 4.78 is 4.67. The molecule has 2 aliphatic heterocycles. The SMILES string of the molecule is COC(=O)c1ccc(NC(=O)CCCN2C(=O)c3ccccc3N3C(=O)c4ccccc4[C@H]23)cc1. The predicted molar refractivity (Wildman–Crippen MR) is 129 cm³/mol. The molecule has 1 N–H and O–H groups in total. The topological polar surface area (TPSA) is 96.0 Å². The minimum Gasteiger partial charge on any atom is -0.465 e. The highest BCUT2D eigenvalue weighted by Gasteiger charge is 2.47. The Balaban J connectivity index is 1.30. The van der Waals surface area contributed by atoms with Gasteiger partial charge in [-0.3, -0.25) is 19.3 Å². The van der Waals surface area contributed by atoms with Crippen molar-refractivity contribution < 1.29 is 23.9 Å². The van der Waals surface area contributed by atoms with Gasteiger partial charge in [-0.15, -0.1) is 0 Å². The molecule has 0 saturated carbocycles. The van der Waals surface area contributed by atoms with E-state index in [4.69, 9.17) is 0 Å². The predicted octanol–water partition coefficient (Wildman–Crippen LogP) is 4.01. The molecule has 3 amide bonds. The van der Waals surface area contributed by atoms with Crippen LogP contribution in [-0.4, -0.2) is 42.2 Å². The molecular formula is C27H23N3O5. The second-order valence-electron chi connectivity index (χ2n) is 8.37. The molecule has 0 fully saturated rings. The number of fused-ring (bicyclic) bond motifs is 5. The molecule has 0 radical (unpaired) electrons. The Morgan fingerprint density at radius 1 is 0.886 bits per heavy atom. The number of amides is 3. The fourth-order valence-electron chi connectivity index (χ4n) is 4.64. The first-order valence-corrected chi connectivity index (χ1v) is 11.3. The number of para-hydroxylation sites is 1. The maximum Gasteiger partial charge on any atom is 0.337 e. The molecule has 2 aliphatic rings. The molecule has 8 nitrogen and oxygen atoms in total. The summed E-state index contributed by atoms with van der Waals surface area (Å²) in [5.41, 5.74) is 3.40. The highest BCUT2D eigenvalue weighted by atomic mass is 16.5. The summed E-state index contributed by atoms with van der Waals surface area (Å²) in [5, 5.41) is 2.80. The third-order valence-electron chi connectivity index (χ3n) is 6.28. The Hall–Kier alpha value is -4.46. The van der Waals surface area contributed by atoms with Crippen molar-refractivity contribution in [3.05, 3.63) is 95.1 Å². The first kappa shape index (κ1) is 22.3. The van der Waals surface area contributed by atoms with Crippen LogP contribution >= 0.6 is 0 Å². The van der Waals surface area contributed by atoms with Crippen LogP contribution in [0.15, 0.2) is 72.8 Å². The van der Waals surface area contributed by atoms with Crippen molar-refractivity contribution in [3.8, 4) is 0 Å². The van der Waals surface area contributed by atoms with E-state index < -0.39 is 12.1 Å². The number of hydrogen-bond acceptors (Lipinski definition) is 5. The van der Waals surface area contributed by atoms with Crippen LogP contribution in [0.3, 0.4) is 0 Å². The van der Waals surface area contributed by atoms with Crippen molar-refractivity contribution in [2.75, 3.05) is 23.9 Å². The lowest BCUT2D eigenvalue weighted by Gasteiger charge is -2.41. The van der Waals surface area contributed by atoms with Gasteiger partial charge in [-0.25, -0.2) is 4.79 Å². The second kappa shape index (κ2) is 9.06. The number of carbonyl (C=O) groups excluding carboxylic acids is 4. The number of nitrogens with zero attached hydrogens (tertiary/aromatic N) is 2. The first-order chi connectivity index (χ1) is 17.0. The van der Waals surface area contributed by atoms with Gasteiger partial charge in [-0.2, -0.15) is 0 Å². The van der Waals surface area contributed by atoms with Gasteiger partial charge in [-0.1, -0.05) is 30.3 Å². The molecule has 0 saturated heterocycles. The van der Waals surface area contributed by atoms with E-state index in [-0.39, 0.29) is 24.1 Å². The summed E-state index contributed by atoms with van der Waals surface area (Å²) >= 11 is 0. The molecule has 0 unspecified atom stereocenters. The molecule has 0 bridgehead atoms. The van der Waals surface area contributed by atoms with Crippen LogP contribution in [0.4, 0.5) is 11.4 Å². The van der Waals surface area contributed by atoms with E-state index in [0.29, 0.717) is 41.0 Å². The third kappa shape index (κ3) is 3.93. The Morgan fingerprint density at radius 3 is 2.31 bits per heavy atom. The maximum absolute atomic E-state index is 13.4. The van der Waals surface area contributed by atoms with Crippen LogP contribution in [-0.2, 0) is 9.53 Å². The molecule has 5 rings (SSSR count). The molecule has 3 aromatic carbocycles. The first-order valence-electron chi connectivity index (χ1n) is 11.3. The average Bonchev–Trinajstić information content (AvgIpc) is 3.18. The number of ether oxygens (including phenoxy) is 1. The van der Waals surface area contributed by atoms with Gasteiger partial charge in [0.15, 0.2) is 0 Å². The average molecular weight is 469 g/mol. The van der Waals surface area contributed by atoms with Gasteiger partial charge in [-0.05, 0) is 48.9 Å². The van der Waals surface area contributed by atoms with E-state index in [2.05, 4.69) is 10.1 Å². The van der Waals surface area contributed by atoms with E-state index in [9.17, 15) is 19.2 Å². The Morgan fingerprint density at radius 2 is 1.57 bits per heavy atom. The zero-order chi connectivity index (χ0) is 24.5. The lowest BCUT2D eigenvalue weighted by Crippen LogP contribution is -2.48. The summed E-state index contributed by atoms with van der Waals surface area (Å²) in [7, 11) is 1.31. The molecular weight excluding hydrogens is 446 g/mol. The van der Waals surface area contributed by atoms with Gasteiger partial charge in [0.1, 0.15) is 6.17 Å². The summed E-state index contributed by atoms with van der Waals surface area (Å²) in [4.78, 5) is 54.0. The largest absolute Gasteiger partial charge is 0.465 e. The molecule has 3 aromatic rings. The number of esters is 1. The summed E-state index contributed by atoms with van der Waals surface area (Å²) in [6, 6.07) is 20.9. The van der Waals surface area contributed by atoms with Crippen LogP contribution in [0, 0.1) is 0 Å². The fraction of sp³-hybridized carbons (Fsp3) is 0.185. The van der Waals surface area contributed by atoms with Crippen molar-refractivity contribution in [2.24, 2.45) is 0 Å². The third-order valence-corrected chi connectivity index (χ3v) is 6.28. The lowest BCUT2D eigenvalue weighted by molar-refractivity contribution is -0.116. The van der Waals surface area contributed by atoms with E-state index >= 15 is 0 Å². The number of nitrogens with one attached hydrogen (secondary N) is 1. The van der Waals surface area contributed by atoms with Gasteiger partial charge in [0.2, 0.25) is 5.91 Å². The highest BCUT2D eigenvalue weighted by molar-refractivity contribution is 6.16. The molecule has 0 aliphatic carbocycles. The van der Waals surface area contributed by atoms with E-state index in [1.165, 1.54) is 7.11 Å². The summed E-state index contributed by atoms with van der Waals surface area (Å²) in [6.45, 7) is 0.310. The van der Waals surface area contributed by atoms with Crippen LogP contribution in [0.1, 0.15) is 55.6 Å². The molecule has 1 atom stereocenters. The normalized spacial score (nSPS) is 15.9. The van der Waals surface area contributed by atoms with Gasteiger partial charge in [0, 0.05) is 29.8 Å². The smallest absolute Gasteiger partial charge is 0.337 e. The van der Waals surface area contributed by atoms with Crippen molar-refractivity contribution in [1.82, 2.24) is 4.90 Å². The molecule has 176 valence electrons. The summed E-state index contributed by atoms with van der Waals surface area (Å²) in [5.74, 6) is -0.953. The van der Waals surface area contributed by atoms with Crippen LogP contribution in [0.25, 0.3) is 0 Å². The maximum atomic E-state index is 13.4. The van der Waals surface area contributed by atoms with Gasteiger partial charge < -0.3 is 15.0 Å². The monoisotopic (exact) mass is 469 g/mol. The Bertz CT molecular complexity index is 1330. The lowest BCUT2D eigenvalue weighted by atomic mass is 10.0. The fourth-order valence-corrected chi connectivity index (χ4v) is 4.64. The zero-order valence-electron chi connectivity index (χ0n) is 19.1. The quantitative estimate of drug-likeness (QED) is 0.551. The van der Waals surface area contributed by atoms with Crippen LogP contribution in [0.2, 0.25) is 0 Å². The molecule has 2 heterocycles. The zero-order valence-corrected chi connectivity index (χ0v) is 19.1. The van der Waals surface area contributed by atoms with Crippen LogP contribution < -0.4 is 10.2 Å².